The SMILES string of the molecule is CCN(Cc1ccccc1C#N)C(=O)CC(N)C(C)(C)C. The van der Waals surface area contributed by atoms with Crippen molar-refractivity contribution in [3.8, 4) is 6.07 Å². The minimum atomic E-state index is -0.176. The van der Waals surface area contributed by atoms with E-state index in [1.807, 2.05) is 45.9 Å². The Bertz CT molecular complexity index is 526. The van der Waals surface area contributed by atoms with E-state index >= 15 is 0 Å². The fourth-order valence-electron chi connectivity index (χ4n) is 1.97. The number of benzene rings is 1. The van der Waals surface area contributed by atoms with Gasteiger partial charge in [0.05, 0.1) is 11.6 Å². The van der Waals surface area contributed by atoms with E-state index in [0.29, 0.717) is 25.1 Å². The Hall–Kier alpha value is -1.86. The summed E-state index contributed by atoms with van der Waals surface area (Å²) >= 11 is 0. The topological polar surface area (TPSA) is 70.1 Å². The average molecular weight is 287 g/mol. The van der Waals surface area contributed by atoms with Gasteiger partial charge in [0.1, 0.15) is 0 Å². The lowest BCUT2D eigenvalue weighted by Crippen LogP contribution is -2.41. The molecule has 0 spiro atoms. The Morgan fingerprint density at radius 3 is 2.52 bits per heavy atom. The average Bonchev–Trinajstić information content (AvgIpc) is 2.43. The van der Waals surface area contributed by atoms with Gasteiger partial charge in [0.25, 0.3) is 0 Å². The van der Waals surface area contributed by atoms with E-state index in [1.165, 1.54) is 0 Å². The summed E-state index contributed by atoms with van der Waals surface area (Å²) in [5, 5.41) is 9.12. The minimum absolute atomic E-state index is 0.0349. The first-order chi connectivity index (χ1) is 9.79. The van der Waals surface area contributed by atoms with Crippen molar-refractivity contribution in [2.24, 2.45) is 11.1 Å². The summed E-state index contributed by atoms with van der Waals surface area (Å²) in [4.78, 5) is 14.2. The fourth-order valence-corrected chi connectivity index (χ4v) is 1.97. The van der Waals surface area contributed by atoms with Crippen molar-refractivity contribution in [3.05, 3.63) is 35.4 Å². The Morgan fingerprint density at radius 2 is 2.00 bits per heavy atom. The Labute approximate surface area is 127 Å². The third kappa shape index (κ3) is 4.87. The molecule has 4 nitrogen and oxygen atoms in total. The Morgan fingerprint density at radius 1 is 1.38 bits per heavy atom. The van der Waals surface area contributed by atoms with E-state index in [4.69, 9.17) is 11.0 Å². The largest absolute Gasteiger partial charge is 0.339 e. The predicted octanol–water partition coefficient (Wildman–Crippen LogP) is 2.67. The third-order valence-electron chi connectivity index (χ3n) is 3.74. The molecule has 2 N–H and O–H groups in total. The lowest BCUT2D eigenvalue weighted by Gasteiger charge is -2.29. The zero-order valence-electron chi connectivity index (χ0n) is 13.4. The highest BCUT2D eigenvalue weighted by molar-refractivity contribution is 5.77. The van der Waals surface area contributed by atoms with Gasteiger partial charge in [0.15, 0.2) is 0 Å². The molecular formula is C17H25N3O. The van der Waals surface area contributed by atoms with Crippen molar-refractivity contribution < 1.29 is 4.79 Å². The molecule has 1 atom stereocenters. The molecule has 4 heteroatoms. The molecule has 1 aromatic carbocycles. The molecular weight excluding hydrogens is 262 g/mol. The fraction of sp³-hybridized carbons (Fsp3) is 0.529. The molecule has 1 rings (SSSR count). The van der Waals surface area contributed by atoms with Gasteiger partial charge >= 0.3 is 0 Å². The Balaban J connectivity index is 2.80. The van der Waals surface area contributed by atoms with E-state index in [-0.39, 0.29) is 17.4 Å². The van der Waals surface area contributed by atoms with Gasteiger partial charge in [-0.2, -0.15) is 5.26 Å². The summed E-state index contributed by atoms with van der Waals surface area (Å²) in [7, 11) is 0. The highest BCUT2D eigenvalue weighted by Crippen LogP contribution is 2.21. The van der Waals surface area contributed by atoms with E-state index < -0.39 is 0 Å². The van der Waals surface area contributed by atoms with Crippen LogP contribution in [0.4, 0.5) is 0 Å². The van der Waals surface area contributed by atoms with Gasteiger partial charge < -0.3 is 10.6 Å². The Kier molecular flexibility index (Phi) is 5.92. The summed E-state index contributed by atoms with van der Waals surface area (Å²) in [5.74, 6) is 0.0349. The molecule has 21 heavy (non-hydrogen) atoms. The second-order valence-electron chi connectivity index (χ2n) is 6.35. The number of amides is 1. The maximum absolute atomic E-state index is 12.4. The molecule has 0 bridgehead atoms. The second-order valence-corrected chi connectivity index (χ2v) is 6.35. The normalized spacial score (nSPS) is 12.6. The lowest BCUT2D eigenvalue weighted by atomic mass is 9.85. The number of carbonyl (C=O) groups is 1. The highest BCUT2D eigenvalue weighted by Gasteiger charge is 2.25. The molecule has 0 heterocycles. The molecule has 0 aliphatic rings. The smallest absolute Gasteiger partial charge is 0.224 e. The quantitative estimate of drug-likeness (QED) is 0.905. The van der Waals surface area contributed by atoms with Crippen LogP contribution in [0.15, 0.2) is 24.3 Å². The van der Waals surface area contributed by atoms with Crippen LogP contribution in [-0.2, 0) is 11.3 Å². The van der Waals surface area contributed by atoms with Gasteiger partial charge in [-0.15, -0.1) is 0 Å². The molecule has 1 unspecified atom stereocenters. The van der Waals surface area contributed by atoms with Crippen LogP contribution in [0.5, 0.6) is 0 Å². The number of hydrogen-bond acceptors (Lipinski definition) is 3. The summed E-state index contributed by atoms with van der Waals surface area (Å²) in [6.45, 7) is 9.10. The summed E-state index contributed by atoms with van der Waals surface area (Å²) in [6, 6.07) is 9.36. The van der Waals surface area contributed by atoms with Gasteiger partial charge in [0.2, 0.25) is 5.91 Å². The van der Waals surface area contributed by atoms with Crippen LogP contribution in [0.2, 0.25) is 0 Å². The van der Waals surface area contributed by atoms with Crippen molar-refractivity contribution in [1.82, 2.24) is 4.90 Å². The molecule has 1 amide bonds. The zero-order chi connectivity index (χ0) is 16.0. The molecule has 0 saturated carbocycles. The van der Waals surface area contributed by atoms with E-state index in [2.05, 4.69) is 6.07 Å². The monoisotopic (exact) mass is 287 g/mol. The minimum Gasteiger partial charge on any atom is -0.339 e. The first-order valence-corrected chi connectivity index (χ1v) is 7.31. The summed E-state index contributed by atoms with van der Waals surface area (Å²) in [5.41, 5.74) is 7.49. The molecule has 114 valence electrons. The lowest BCUT2D eigenvalue weighted by molar-refractivity contribution is -0.132. The third-order valence-corrected chi connectivity index (χ3v) is 3.74. The number of nitrogens with two attached hydrogens (primary N) is 1. The van der Waals surface area contributed by atoms with Crippen LogP contribution in [0.1, 0.15) is 45.2 Å². The van der Waals surface area contributed by atoms with Gasteiger partial charge in [-0.25, -0.2) is 0 Å². The van der Waals surface area contributed by atoms with Gasteiger partial charge in [-0.1, -0.05) is 39.0 Å². The van der Waals surface area contributed by atoms with Gasteiger partial charge in [-0.3, -0.25) is 4.79 Å². The standard InChI is InChI=1S/C17H25N3O/c1-5-20(16(21)10-15(19)17(2,3)4)12-14-9-7-6-8-13(14)11-18/h6-9,15H,5,10,12,19H2,1-4H3. The first kappa shape index (κ1) is 17.2. The van der Waals surface area contributed by atoms with Crippen molar-refractivity contribution in [1.29, 1.82) is 5.26 Å². The van der Waals surface area contributed by atoms with Gasteiger partial charge in [0, 0.05) is 25.6 Å². The number of nitrogens with zero attached hydrogens (tertiary/aromatic N) is 2. The van der Waals surface area contributed by atoms with E-state index in [9.17, 15) is 4.79 Å². The van der Waals surface area contributed by atoms with Crippen molar-refractivity contribution in [3.63, 3.8) is 0 Å². The van der Waals surface area contributed by atoms with E-state index in [1.54, 1.807) is 11.0 Å². The number of rotatable bonds is 5. The van der Waals surface area contributed by atoms with E-state index in [0.717, 1.165) is 5.56 Å². The molecule has 0 radical (unpaired) electrons. The van der Waals surface area contributed by atoms with Crippen LogP contribution >= 0.6 is 0 Å². The maximum atomic E-state index is 12.4. The molecule has 0 fully saturated rings. The summed E-state index contributed by atoms with van der Waals surface area (Å²) < 4.78 is 0. The molecule has 1 aromatic rings. The van der Waals surface area contributed by atoms with Crippen LogP contribution < -0.4 is 5.73 Å². The van der Waals surface area contributed by atoms with Crippen LogP contribution in [0.3, 0.4) is 0 Å². The van der Waals surface area contributed by atoms with Crippen molar-refractivity contribution in [2.45, 2.75) is 46.7 Å². The number of nitriles is 1. The van der Waals surface area contributed by atoms with Gasteiger partial charge in [-0.05, 0) is 24.0 Å². The second kappa shape index (κ2) is 7.24. The van der Waals surface area contributed by atoms with Crippen LogP contribution in [-0.4, -0.2) is 23.4 Å². The van der Waals surface area contributed by atoms with Crippen LogP contribution in [0.25, 0.3) is 0 Å². The predicted molar refractivity (Wildman–Crippen MR) is 84.3 cm³/mol. The maximum Gasteiger partial charge on any atom is 0.224 e. The van der Waals surface area contributed by atoms with Crippen molar-refractivity contribution >= 4 is 5.91 Å². The molecule has 0 aliphatic heterocycles. The molecule has 0 aromatic heterocycles. The first-order valence-electron chi connectivity index (χ1n) is 7.31. The molecule has 0 aliphatic carbocycles. The zero-order valence-corrected chi connectivity index (χ0v) is 13.4. The number of hydrogen-bond donors (Lipinski definition) is 1. The van der Waals surface area contributed by atoms with Crippen LogP contribution in [0, 0.1) is 16.7 Å². The highest BCUT2D eigenvalue weighted by atomic mass is 16.2. The summed E-state index contributed by atoms with van der Waals surface area (Å²) in [6.07, 6.45) is 0.325. The molecule has 0 saturated heterocycles. The van der Waals surface area contributed by atoms with Crippen molar-refractivity contribution in [2.75, 3.05) is 6.54 Å². The number of carbonyl (C=O) groups excluding carboxylic acids is 1.